The minimum atomic E-state index is 0.395. The van der Waals surface area contributed by atoms with E-state index in [0.717, 1.165) is 28.1 Å². The van der Waals surface area contributed by atoms with Gasteiger partial charge < -0.3 is 0 Å². The fourth-order valence-electron chi connectivity index (χ4n) is 2.61. The molecule has 1 aliphatic heterocycles. The molecule has 3 rings (SSSR count). The van der Waals surface area contributed by atoms with E-state index in [1.165, 1.54) is 0 Å². The van der Waals surface area contributed by atoms with Gasteiger partial charge in [0.25, 0.3) is 0 Å². The third kappa shape index (κ3) is 2.98. The van der Waals surface area contributed by atoms with Crippen molar-refractivity contribution < 1.29 is 0 Å². The van der Waals surface area contributed by atoms with Crippen LogP contribution in [0, 0.1) is 24.2 Å². The molecule has 108 valence electrons. The molecular weight excluding hydrogens is 288 g/mol. The van der Waals surface area contributed by atoms with Crippen molar-refractivity contribution in [2.75, 3.05) is 5.75 Å². The first-order chi connectivity index (χ1) is 10.8. The van der Waals surface area contributed by atoms with E-state index in [9.17, 15) is 5.26 Å². The monoisotopic (exact) mass is 304 g/mol. The van der Waals surface area contributed by atoms with E-state index in [1.54, 1.807) is 6.20 Å². The number of allylic oxidation sites excluding steroid dienone is 2. The Morgan fingerprint density at radius 1 is 1.27 bits per heavy atom. The molecule has 0 N–H and O–H groups in total. The second kappa shape index (κ2) is 6.64. The number of nitriles is 1. The van der Waals surface area contributed by atoms with Crippen LogP contribution in [0.2, 0.25) is 0 Å². The van der Waals surface area contributed by atoms with E-state index in [2.05, 4.69) is 34.7 Å². The normalized spacial score (nSPS) is 17.5. The van der Waals surface area contributed by atoms with Crippen molar-refractivity contribution in [3.63, 3.8) is 0 Å². The van der Waals surface area contributed by atoms with Gasteiger partial charge in [0.2, 0.25) is 0 Å². The maximum Gasteiger partial charge on any atom is 0.0998 e. The molecule has 0 aliphatic carbocycles. The lowest BCUT2D eigenvalue weighted by Crippen LogP contribution is -2.00. The third-order valence-electron chi connectivity index (χ3n) is 3.73. The summed E-state index contributed by atoms with van der Waals surface area (Å²) in [4.78, 5) is 4.41. The molecule has 2 nitrogen and oxygen atoms in total. The lowest BCUT2D eigenvalue weighted by atomic mass is 9.91. The van der Waals surface area contributed by atoms with Crippen LogP contribution in [0.5, 0.6) is 0 Å². The molecule has 0 fully saturated rings. The van der Waals surface area contributed by atoms with Gasteiger partial charge in [-0.25, -0.2) is 0 Å². The number of aryl methyl sites for hydroxylation is 1. The van der Waals surface area contributed by atoms with Gasteiger partial charge in [-0.15, -0.1) is 11.8 Å². The molecule has 22 heavy (non-hydrogen) atoms. The Balaban J connectivity index is 2.17. The summed E-state index contributed by atoms with van der Waals surface area (Å²) in [5, 5.41) is 11.6. The number of benzene rings is 1. The summed E-state index contributed by atoms with van der Waals surface area (Å²) in [7, 11) is 0. The van der Waals surface area contributed by atoms with Crippen LogP contribution in [-0.4, -0.2) is 10.7 Å². The van der Waals surface area contributed by atoms with Gasteiger partial charge in [0.1, 0.15) is 0 Å². The molecule has 0 radical (unpaired) electrons. The molecule has 1 aromatic carbocycles. The average molecular weight is 304 g/mol. The second-order valence-corrected chi connectivity index (χ2v) is 6.14. The standard InChI is InChI=1S/C19H16N2S/c1-14-17(7-4-9-21-14)19(11-15-8-10-22-13-15)18-6-3-2-5-16(18)12-20/h2-11,15H,13H2,1H3. The zero-order valence-electron chi connectivity index (χ0n) is 12.4. The van der Waals surface area contributed by atoms with Crippen LogP contribution in [0.4, 0.5) is 0 Å². The molecule has 1 atom stereocenters. The molecule has 0 spiro atoms. The summed E-state index contributed by atoms with van der Waals surface area (Å²) in [6.45, 7) is 2.01. The molecule has 0 saturated carbocycles. The van der Waals surface area contributed by atoms with Crippen molar-refractivity contribution in [2.45, 2.75) is 6.92 Å². The summed E-state index contributed by atoms with van der Waals surface area (Å²) >= 11 is 1.82. The smallest absolute Gasteiger partial charge is 0.0998 e. The van der Waals surface area contributed by atoms with Gasteiger partial charge >= 0.3 is 0 Å². The molecule has 2 aromatic rings. The molecule has 1 aliphatic rings. The third-order valence-corrected chi connectivity index (χ3v) is 4.65. The summed E-state index contributed by atoms with van der Waals surface area (Å²) in [5.41, 5.74) is 4.85. The minimum Gasteiger partial charge on any atom is -0.261 e. The van der Waals surface area contributed by atoms with Crippen LogP contribution in [-0.2, 0) is 0 Å². The largest absolute Gasteiger partial charge is 0.261 e. The quantitative estimate of drug-likeness (QED) is 0.833. The summed E-state index contributed by atoms with van der Waals surface area (Å²) < 4.78 is 0. The van der Waals surface area contributed by atoms with Crippen molar-refractivity contribution in [2.24, 2.45) is 5.92 Å². The SMILES string of the molecule is Cc1ncccc1C(=CC1C=CSC1)c1ccccc1C#N. The summed E-state index contributed by atoms with van der Waals surface area (Å²) in [6.07, 6.45) is 6.28. The topological polar surface area (TPSA) is 36.7 Å². The van der Waals surface area contributed by atoms with Crippen LogP contribution in [0.25, 0.3) is 5.57 Å². The Labute approximate surface area is 135 Å². The van der Waals surface area contributed by atoms with Crippen LogP contribution < -0.4 is 0 Å². The zero-order valence-corrected chi connectivity index (χ0v) is 13.2. The van der Waals surface area contributed by atoms with Gasteiger partial charge in [-0.3, -0.25) is 4.98 Å². The number of thioether (sulfide) groups is 1. The highest BCUT2D eigenvalue weighted by atomic mass is 32.2. The highest BCUT2D eigenvalue weighted by Crippen LogP contribution is 2.32. The number of nitrogens with zero attached hydrogens (tertiary/aromatic N) is 2. The summed E-state index contributed by atoms with van der Waals surface area (Å²) in [6, 6.07) is 14.1. The molecular formula is C19H16N2S. The van der Waals surface area contributed by atoms with E-state index >= 15 is 0 Å². The van der Waals surface area contributed by atoms with Gasteiger partial charge in [0.15, 0.2) is 0 Å². The molecule has 0 bridgehead atoms. The van der Waals surface area contributed by atoms with Crippen molar-refractivity contribution in [3.8, 4) is 6.07 Å². The van der Waals surface area contributed by atoms with E-state index in [4.69, 9.17) is 0 Å². The van der Waals surface area contributed by atoms with Crippen LogP contribution >= 0.6 is 11.8 Å². The van der Waals surface area contributed by atoms with E-state index < -0.39 is 0 Å². The van der Waals surface area contributed by atoms with Gasteiger partial charge in [-0.1, -0.05) is 36.4 Å². The van der Waals surface area contributed by atoms with E-state index in [-0.39, 0.29) is 0 Å². The summed E-state index contributed by atoms with van der Waals surface area (Å²) in [5.74, 6) is 1.45. The van der Waals surface area contributed by atoms with Crippen LogP contribution in [0.1, 0.15) is 22.4 Å². The van der Waals surface area contributed by atoms with E-state index in [0.29, 0.717) is 11.5 Å². The Kier molecular flexibility index (Phi) is 4.41. The minimum absolute atomic E-state index is 0.395. The Morgan fingerprint density at radius 3 is 2.82 bits per heavy atom. The zero-order chi connectivity index (χ0) is 15.4. The predicted octanol–water partition coefficient (Wildman–Crippen LogP) is 4.57. The maximum absolute atomic E-state index is 9.43. The number of aromatic nitrogens is 1. The fraction of sp³-hybridized carbons (Fsp3) is 0.158. The van der Waals surface area contributed by atoms with Gasteiger partial charge in [0.05, 0.1) is 11.6 Å². The highest BCUT2D eigenvalue weighted by molar-refractivity contribution is 8.02. The maximum atomic E-state index is 9.43. The second-order valence-electron chi connectivity index (χ2n) is 5.20. The highest BCUT2D eigenvalue weighted by Gasteiger charge is 2.15. The first-order valence-electron chi connectivity index (χ1n) is 7.21. The Bertz CT molecular complexity index is 784. The predicted molar refractivity (Wildman–Crippen MR) is 92.3 cm³/mol. The number of pyridine rings is 1. The van der Waals surface area contributed by atoms with Crippen molar-refractivity contribution >= 4 is 17.3 Å². The Hall–Kier alpha value is -2.31. The van der Waals surface area contributed by atoms with Gasteiger partial charge in [-0.05, 0) is 35.6 Å². The van der Waals surface area contributed by atoms with Crippen molar-refractivity contribution in [1.29, 1.82) is 5.26 Å². The van der Waals surface area contributed by atoms with Gasteiger partial charge in [-0.2, -0.15) is 5.26 Å². The Morgan fingerprint density at radius 2 is 2.09 bits per heavy atom. The lowest BCUT2D eigenvalue weighted by molar-refractivity contribution is 0.976. The number of rotatable bonds is 3. The first kappa shape index (κ1) is 14.6. The number of hydrogen-bond donors (Lipinski definition) is 0. The lowest BCUT2D eigenvalue weighted by Gasteiger charge is -2.14. The van der Waals surface area contributed by atoms with Crippen molar-refractivity contribution in [1.82, 2.24) is 4.98 Å². The van der Waals surface area contributed by atoms with Crippen LogP contribution in [0.15, 0.2) is 60.2 Å². The van der Waals surface area contributed by atoms with Crippen molar-refractivity contribution in [3.05, 3.63) is 82.5 Å². The number of hydrogen-bond acceptors (Lipinski definition) is 3. The van der Waals surface area contributed by atoms with Gasteiger partial charge in [0, 0.05) is 29.1 Å². The average Bonchev–Trinajstić information content (AvgIpc) is 3.06. The van der Waals surface area contributed by atoms with Crippen LogP contribution in [0.3, 0.4) is 0 Å². The molecule has 1 unspecified atom stereocenters. The first-order valence-corrected chi connectivity index (χ1v) is 8.26. The molecule has 0 saturated heterocycles. The fourth-order valence-corrected chi connectivity index (χ4v) is 3.46. The molecule has 2 heterocycles. The molecule has 0 amide bonds. The molecule has 1 aromatic heterocycles. The van der Waals surface area contributed by atoms with E-state index in [1.807, 2.05) is 49.0 Å². The molecule has 3 heteroatoms.